The van der Waals surface area contributed by atoms with Gasteiger partial charge in [-0.15, -0.1) is 0 Å². The maximum atomic E-state index is 4.65. The van der Waals surface area contributed by atoms with E-state index in [0.717, 1.165) is 34.4 Å². The summed E-state index contributed by atoms with van der Waals surface area (Å²) in [7, 11) is 0. The molecular formula is C16H23N3S. The van der Waals surface area contributed by atoms with Crippen LogP contribution in [-0.2, 0) is 0 Å². The van der Waals surface area contributed by atoms with Gasteiger partial charge in [0.05, 0.1) is 11.0 Å². The molecule has 3 rings (SSSR count). The standard InChI is InChI=1S/C16H23N3S/c1-2-17-15(12-7-3-4-8-12)11-20-16-18-13-9-5-6-10-14(13)19-16/h5-6,9-10,12,15,17H,2-4,7-8,11H2,1H3,(H,18,19). The van der Waals surface area contributed by atoms with E-state index in [2.05, 4.69) is 40.4 Å². The highest BCUT2D eigenvalue weighted by atomic mass is 32.2. The molecule has 2 aromatic rings. The second-order valence-electron chi connectivity index (χ2n) is 5.58. The van der Waals surface area contributed by atoms with Crippen LogP contribution in [0.3, 0.4) is 0 Å². The van der Waals surface area contributed by atoms with Crippen LogP contribution < -0.4 is 5.32 Å². The van der Waals surface area contributed by atoms with Crippen LogP contribution in [-0.4, -0.2) is 28.3 Å². The van der Waals surface area contributed by atoms with Crippen LogP contribution in [0.5, 0.6) is 0 Å². The largest absolute Gasteiger partial charge is 0.333 e. The van der Waals surface area contributed by atoms with Gasteiger partial charge in [0.2, 0.25) is 0 Å². The van der Waals surface area contributed by atoms with Crippen LogP contribution in [0, 0.1) is 5.92 Å². The van der Waals surface area contributed by atoms with Crippen LogP contribution in [0.25, 0.3) is 11.0 Å². The van der Waals surface area contributed by atoms with E-state index in [1.165, 1.54) is 25.7 Å². The zero-order chi connectivity index (χ0) is 13.8. The summed E-state index contributed by atoms with van der Waals surface area (Å²) in [4.78, 5) is 8.06. The SMILES string of the molecule is CCNC(CSc1nc2ccccc2[nH]1)C1CCCC1. The maximum Gasteiger partial charge on any atom is 0.166 e. The highest BCUT2D eigenvalue weighted by Gasteiger charge is 2.24. The number of H-pyrrole nitrogens is 1. The van der Waals surface area contributed by atoms with Crippen molar-refractivity contribution >= 4 is 22.8 Å². The molecule has 4 heteroatoms. The van der Waals surface area contributed by atoms with Gasteiger partial charge in [-0.25, -0.2) is 4.98 Å². The van der Waals surface area contributed by atoms with Gasteiger partial charge in [0.25, 0.3) is 0 Å². The van der Waals surface area contributed by atoms with Crippen molar-refractivity contribution in [2.45, 2.75) is 43.8 Å². The number of hydrogen-bond donors (Lipinski definition) is 2. The summed E-state index contributed by atoms with van der Waals surface area (Å²) in [5, 5.41) is 4.71. The minimum Gasteiger partial charge on any atom is -0.333 e. The maximum absolute atomic E-state index is 4.65. The molecule has 0 saturated heterocycles. The van der Waals surface area contributed by atoms with Crippen molar-refractivity contribution in [3.05, 3.63) is 24.3 Å². The summed E-state index contributed by atoms with van der Waals surface area (Å²) in [6, 6.07) is 8.87. The quantitative estimate of drug-likeness (QED) is 0.794. The molecule has 1 fully saturated rings. The molecule has 0 amide bonds. The van der Waals surface area contributed by atoms with E-state index >= 15 is 0 Å². The monoisotopic (exact) mass is 289 g/mol. The summed E-state index contributed by atoms with van der Waals surface area (Å²) in [6.07, 6.45) is 5.58. The first kappa shape index (κ1) is 14.0. The molecule has 0 aliphatic heterocycles. The summed E-state index contributed by atoms with van der Waals surface area (Å²) in [5.74, 6) is 1.96. The molecule has 1 aliphatic carbocycles. The van der Waals surface area contributed by atoms with Gasteiger partial charge in [-0.05, 0) is 37.4 Å². The average molecular weight is 289 g/mol. The number of aromatic amines is 1. The van der Waals surface area contributed by atoms with Crippen molar-refractivity contribution in [2.24, 2.45) is 5.92 Å². The zero-order valence-corrected chi connectivity index (χ0v) is 12.9. The molecule has 0 spiro atoms. The first-order valence-corrected chi connectivity index (χ1v) is 8.66. The van der Waals surface area contributed by atoms with E-state index in [1.807, 2.05) is 17.8 Å². The lowest BCUT2D eigenvalue weighted by atomic mass is 10.00. The molecule has 108 valence electrons. The normalized spacial score (nSPS) is 17.9. The smallest absolute Gasteiger partial charge is 0.166 e. The number of benzene rings is 1. The average Bonchev–Trinajstić information content (AvgIpc) is 3.12. The highest BCUT2D eigenvalue weighted by molar-refractivity contribution is 7.99. The van der Waals surface area contributed by atoms with E-state index in [0.29, 0.717) is 6.04 Å². The Bertz CT molecular complexity index is 512. The van der Waals surface area contributed by atoms with Gasteiger partial charge in [0.1, 0.15) is 0 Å². The predicted molar refractivity (Wildman–Crippen MR) is 86.2 cm³/mol. The summed E-state index contributed by atoms with van der Waals surface area (Å²) >= 11 is 1.85. The van der Waals surface area contributed by atoms with Crippen LogP contribution in [0.2, 0.25) is 0 Å². The Morgan fingerprint density at radius 1 is 1.35 bits per heavy atom. The van der Waals surface area contributed by atoms with E-state index in [1.54, 1.807) is 0 Å². The van der Waals surface area contributed by atoms with Crippen LogP contribution >= 0.6 is 11.8 Å². The Morgan fingerprint density at radius 3 is 2.90 bits per heavy atom. The molecule has 3 nitrogen and oxygen atoms in total. The Balaban J connectivity index is 1.63. The third-order valence-electron chi connectivity index (χ3n) is 4.20. The molecule has 1 aliphatic rings. The second-order valence-corrected chi connectivity index (χ2v) is 6.59. The van der Waals surface area contributed by atoms with Gasteiger partial charge in [-0.1, -0.05) is 43.7 Å². The minimum absolute atomic E-state index is 0.626. The van der Waals surface area contributed by atoms with Crippen molar-refractivity contribution < 1.29 is 0 Å². The van der Waals surface area contributed by atoms with Gasteiger partial charge in [0.15, 0.2) is 5.16 Å². The molecular weight excluding hydrogens is 266 g/mol. The number of imidazole rings is 1. The third-order valence-corrected chi connectivity index (χ3v) is 5.20. The molecule has 1 unspecified atom stereocenters. The van der Waals surface area contributed by atoms with Crippen LogP contribution in [0.4, 0.5) is 0 Å². The Labute approximate surface area is 124 Å². The van der Waals surface area contributed by atoms with E-state index < -0.39 is 0 Å². The fourth-order valence-corrected chi connectivity index (χ4v) is 4.22. The molecule has 20 heavy (non-hydrogen) atoms. The number of thioether (sulfide) groups is 1. The fraction of sp³-hybridized carbons (Fsp3) is 0.562. The van der Waals surface area contributed by atoms with Gasteiger partial charge < -0.3 is 10.3 Å². The predicted octanol–water partition coefficient (Wildman–Crippen LogP) is 3.82. The van der Waals surface area contributed by atoms with Crippen LogP contribution in [0.1, 0.15) is 32.6 Å². The first-order valence-electron chi connectivity index (χ1n) is 7.67. The van der Waals surface area contributed by atoms with Gasteiger partial charge >= 0.3 is 0 Å². The van der Waals surface area contributed by atoms with Gasteiger partial charge in [-0.3, -0.25) is 0 Å². The lowest BCUT2D eigenvalue weighted by molar-refractivity contribution is 0.394. The lowest BCUT2D eigenvalue weighted by Gasteiger charge is -2.23. The number of para-hydroxylation sites is 2. The van der Waals surface area contributed by atoms with Crippen molar-refractivity contribution in [2.75, 3.05) is 12.3 Å². The van der Waals surface area contributed by atoms with E-state index in [9.17, 15) is 0 Å². The molecule has 1 heterocycles. The second kappa shape index (κ2) is 6.64. The number of rotatable bonds is 6. The summed E-state index contributed by atoms with van der Waals surface area (Å²) in [6.45, 7) is 3.26. The topological polar surface area (TPSA) is 40.7 Å². The lowest BCUT2D eigenvalue weighted by Crippen LogP contribution is -2.37. The van der Waals surface area contributed by atoms with Gasteiger partial charge in [-0.2, -0.15) is 0 Å². The highest BCUT2D eigenvalue weighted by Crippen LogP contribution is 2.30. The number of fused-ring (bicyclic) bond motifs is 1. The van der Waals surface area contributed by atoms with Crippen LogP contribution in [0.15, 0.2) is 29.4 Å². The molecule has 0 bridgehead atoms. The molecule has 0 radical (unpaired) electrons. The van der Waals surface area contributed by atoms with Crippen molar-refractivity contribution in [1.29, 1.82) is 0 Å². The molecule has 1 atom stereocenters. The van der Waals surface area contributed by atoms with Crippen molar-refractivity contribution in [3.63, 3.8) is 0 Å². The number of nitrogens with zero attached hydrogens (tertiary/aromatic N) is 1. The molecule has 2 N–H and O–H groups in total. The number of nitrogens with one attached hydrogen (secondary N) is 2. The molecule has 1 saturated carbocycles. The fourth-order valence-electron chi connectivity index (χ4n) is 3.15. The van der Waals surface area contributed by atoms with Crippen molar-refractivity contribution in [1.82, 2.24) is 15.3 Å². The van der Waals surface area contributed by atoms with Gasteiger partial charge in [0, 0.05) is 11.8 Å². The third kappa shape index (κ3) is 3.18. The Kier molecular flexibility index (Phi) is 4.63. The van der Waals surface area contributed by atoms with E-state index in [4.69, 9.17) is 0 Å². The number of hydrogen-bond acceptors (Lipinski definition) is 3. The van der Waals surface area contributed by atoms with E-state index in [-0.39, 0.29) is 0 Å². The first-order chi connectivity index (χ1) is 9.86. The molecule has 1 aromatic heterocycles. The Hall–Kier alpha value is -1.00. The Morgan fingerprint density at radius 2 is 2.15 bits per heavy atom. The zero-order valence-electron chi connectivity index (χ0n) is 12.1. The number of aromatic nitrogens is 2. The van der Waals surface area contributed by atoms with Crippen molar-refractivity contribution in [3.8, 4) is 0 Å². The molecule has 1 aromatic carbocycles. The summed E-state index contributed by atoms with van der Waals surface area (Å²) in [5.41, 5.74) is 2.20. The summed E-state index contributed by atoms with van der Waals surface area (Å²) < 4.78 is 0. The minimum atomic E-state index is 0.626.